The maximum atomic E-state index is 13.0. The Morgan fingerprint density at radius 2 is 1.75 bits per heavy atom. The molecule has 2 heterocycles. The summed E-state index contributed by atoms with van der Waals surface area (Å²) in [4.78, 5) is 27.7. The molecule has 2 saturated heterocycles. The number of nitrogens with zero attached hydrogens (tertiary/aromatic N) is 2. The Balaban J connectivity index is 1.89. The van der Waals surface area contributed by atoms with Crippen molar-refractivity contribution in [3.63, 3.8) is 0 Å². The van der Waals surface area contributed by atoms with E-state index in [2.05, 4.69) is 0 Å². The molecular weight excluding hydrogens is 345 g/mol. The minimum atomic E-state index is -4.65. The monoisotopic (exact) mass is 360 g/mol. The molecule has 0 aromatic heterocycles. The zero-order chi connectivity index (χ0) is 17.5. The summed E-state index contributed by atoms with van der Waals surface area (Å²) in [6.07, 6.45) is -1.65. The van der Waals surface area contributed by atoms with Crippen LogP contribution >= 0.6 is 11.6 Å². The number of hydrogen-bond acceptors (Lipinski definition) is 3. The quantitative estimate of drug-likeness (QED) is 0.758. The van der Waals surface area contributed by atoms with Crippen LogP contribution < -0.4 is 4.90 Å². The van der Waals surface area contributed by atoms with Crippen molar-refractivity contribution >= 4 is 29.1 Å². The van der Waals surface area contributed by atoms with Crippen molar-refractivity contribution in [1.82, 2.24) is 4.90 Å². The molecule has 8 heteroatoms. The van der Waals surface area contributed by atoms with Crippen molar-refractivity contribution in [1.29, 1.82) is 0 Å². The first-order valence-electron chi connectivity index (χ1n) is 7.76. The van der Waals surface area contributed by atoms with Gasteiger partial charge in [-0.25, -0.2) is 4.90 Å². The number of halogens is 4. The van der Waals surface area contributed by atoms with E-state index in [-0.39, 0.29) is 12.1 Å². The molecule has 0 spiro atoms. The van der Waals surface area contributed by atoms with Gasteiger partial charge in [0.25, 0.3) is 5.91 Å². The van der Waals surface area contributed by atoms with Crippen LogP contribution in [0.1, 0.15) is 31.2 Å². The Bertz CT molecular complexity index is 672. The van der Waals surface area contributed by atoms with Crippen LogP contribution in [0.5, 0.6) is 0 Å². The first-order chi connectivity index (χ1) is 11.3. The number of imide groups is 1. The average Bonchev–Trinajstić information content (AvgIpc) is 2.83. The molecule has 24 heavy (non-hydrogen) atoms. The third-order valence-corrected chi connectivity index (χ3v) is 4.80. The molecule has 2 fully saturated rings. The number of piperidine rings is 1. The van der Waals surface area contributed by atoms with Crippen molar-refractivity contribution in [3.05, 3.63) is 28.8 Å². The number of benzene rings is 1. The average molecular weight is 361 g/mol. The van der Waals surface area contributed by atoms with Gasteiger partial charge in [-0.2, -0.15) is 13.2 Å². The Kier molecular flexibility index (Phi) is 4.57. The number of amides is 2. The molecular formula is C16H16ClF3N2O2. The van der Waals surface area contributed by atoms with Gasteiger partial charge in [-0.3, -0.25) is 14.5 Å². The van der Waals surface area contributed by atoms with E-state index in [4.69, 9.17) is 11.6 Å². The van der Waals surface area contributed by atoms with Crippen LogP contribution in [0.25, 0.3) is 0 Å². The topological polar surface area (TPSA) is 40.6 Å². The van der Waals surface area contributed by atoms with Gasteiger partial charge in [0.15, 0.2) is 0 Å². The maximum absolute atomic E-state index is 13.0. The van der Waals surface area contributed by atoms with Gasteiger partial charge in [-0.05, 0) is 44.1 Å². The van der Waals surface area contributed by atoms with Gasteiger partial charge in [0.2, 0.25) is 5.91 Å². The lowest BCUT2D eigenvalue weighted by molar-refractivity contribution is -0.137. The number of carbonyl (C=O) groups excluding carboxylic acids is 2. The third kappa shape index (κ3) is 3.15. The SMILES string of the molecule is O=C1C[C@@H](N2CCCCC2)C(=O)N1c1ccc(Cl)c(C(F)(F)F)c1. The predicted octanol–water partition coefficient (Wildman–Crippen LogP) is 3.48. The molecule has 2 amide bonds. The highest BCUT2D eigenvalue weighted by Crippen LogP contribution is 2.38. The maximum Gasteiger partial charge on any atom is 0.417 e. The number of hydrogen-bond donors (Lipinski definition) is 0. The third-order valence-electron chi connectivity index (χ3n) is 4.47. The van der Waals surface area contributed by atoms with E-state index in [1.54, 1.807) is 0 Å². The first-order valence-corrected chi connectivity index (χ1v) is 8.14. The lowest BCUT2D eigenvalue weighted by atomic mass is 10.1. The van der Waals surface area contributed by atoms with Crippen molar-refractivity contribution in [2.24, 2.45) is 0 Å². The van der Waals surface area contributed by atoms with Crippen LogP contribution in [0.3, 0.4) is 0 Å². The molecule has 130 valence electrons. The molecule has 0 unspecified atom stereocenters. The fraction of sp³-hybridized carbons (Fsp3) is 0.500. The second kappa shape index (κ2) is 6.37. The summed E-state index contributed by atoms with van der Waals surface area (Å²) in [6, 6.07) is 2.51. The van der Waals surface area contributed by atoms with Crippen molar-refractivity contribution in [3.8, 4) is 0 Å². The van der Waals surface area contributed by atoms with E-state index in [0.29, 0.717) is 0 Å². The van der Waals surface area contributed by atoms with Gasteiger partial charge < -0.3 is 0 Å². The number of alkyl halides is 3. The second-order valence-corrected chi connectivity index (χ2v) is 6.45. The molecule has 0 saturated carbocycles. The van der Waals surface area contributed by atoms with Crippen LogP contribution in [0.4, 0.5) is 18.9 Å². The van der Waals surface area contributed by atoms with E-state index in [1.807, 2.05) is 4.90 Å². The summed E-state index contributed by atoms with van der Waals surface area (Å²) in [7, 11) is 0. The van der Waals surface area contributed by atoms with Crippen molar-refractivity contribution in [2.75, 3.05) is 18.0 Å². The fourth-order valence-electron chi connectivity index (χ4n) is 3.27. The molecule has 0 radical (unpaired) electrons. The highest BCUT2D eigenvalue weighted by Gasteiger charge is 2.43. The van der Waals surface area contributed by atoms with Crippen LogP contribution in [0.2, 0.25) is 5.02 Å². The number of anilines is 1. The molecule has 1 aromatic rings. The number of likely N-dealkylation sites (tertiary alicyclic amines) is 1. The lowest BCUT2D eigenvalue weighted by Crippen LogP contribution is -2.44. The molecule has 2 aliphatic heterocycles. The first kappa shape index (κ1) is 17.2. The summed E-state index contributed by atoms with van der Waals surface area (Å²) < 4.78 is 39.0. The van der Waals surface area contributed by atoms with E-state index in [1.165, 1.54) is 6.07 Å². The Morgan fingerprint density at radius 3 is 2.38 bits per heavy atom. The number of carbonyl (C=O) groups is 2. The Hall–Kier alpha value is -1.60. The molecule has 0 bridgehead atoms. The normalized spacial score (nSPS) is 23.2. The van der Waals surface area contributed by atoms with Crippen molar-refractivity contribution < 1.29 is 22.8 Å². The molecule has 1 aromatic carbocycles. The minimum absolute atomic E-state index is 0.00279. The second-order valence-electron chi connectivity index (χ2n) is 6.05. The summed E-state index contributed by atoms with van der Waals surface area (Å²) >= 11 is 5.59. The molecule has 0 N–H and O–H groups in total. The smallest absolute Gasteiger partial charge is 0.292 e. The number of rotatable bonds is 2. The van der Waals surface area contributed by atoms with E-state index in [0.717, 1.165) is 49.4 Å². The van der Waals surface area contributed by atoms with Crippen LogP contribution in [-0.2, 0) is 15.8 Å². The van der Waals surface area contributed by atoms with Gasteiger partial charge in [0.1, 0.15) is 0 Å². The zero-order valence-electron chi connectivity index (χ0n) is 12.8. The zero-order valence-corrected chi connectivity index (χ0v) is 13.5. The summed E-state index contributed by atoms with van der Waals surface area (Å²) in [6.45, 7) is 1.46. The Morgan fingerprint density at radius 1 is 1.08 bits per heavy atom. The van der Waals surface area contributed by atoms with Gasteiger partial charge in [-0.15, -0.1) is 0 Å². The van der Waals surface area contributed by atoms with E-state index in [9.17, 15) is 22.8 Å². The van der Waals surface area contributed by atoms with E-state index < -0.39 is 34.6 Å². The van der Waals surface area contributed by atoms with Gasteiger partial charge >= 0.3 is 6.18 Å². The highest BCUT2D eigenvalue weighted by molar-refractivity contribution is 6.31. The fourth-order valence-corrected chi connectivity index (χ4v) is 3.50. The van der Waals surface area contributed by atoms with Gasteiger partial charge in [-0.1, -0.05) is 18.0 Å². The standard InChI is InChI=1S/C16H16ClF3N2O2/c17-12-5-4-10(8-11(12)16(18,19)20)22-14(23)9-13(15(22)24)21-6-2-1-3-7-21/h4-5,8,13H,1-3,6-7,9H2/t13-/m1/s1. The van der Waals surface area contributed by atoms with E-state index >= 15 is 0 Å². The molecule has 3 rings (SSSR count). The molecule has 2 aliphatic rings. The minimum Gasteiger partial charge on any atom is -0.292 e. The van der Waals surface area contributed by atoms with Gasteiger partial charge in [0, 0.05) is 0 Å². The highest BCUT2D eigenvalue weighted by atomic mass is 35.5. The predicted molar refractivity (Wildman–Crippen MR) is 82.8 cm³/mol. The van der Waals surface area contributed by atoms with Gasteiger partial charge in [0.05, 0.1) is 28.7 Å². The van der Waals surface area contributed by atoms with Crippen LogP contribution in [0, 0.1) is 0 Å². The van der Waals surface area contributed by atoms with Crippen molar-refractivity contribution in [2.45, 2.75) is 37.9 Å². The molecule has 1 atom stereocenters. The summed E-state index contributed by atoms with van der Waals surface area (Å²) in [5.41, 5.74) is -1.13. The molecule has 0 aliphatic carbocycles. The Labute approximate surface area is 142 Å². The van der Waals surface area contributed by atoms with Crippen LogP contribution in [0.15, 0.2) is 18.2 Å². The summed E-state index contributed by atoms with van der Waals surface area (Å²) in [5.74, 6) is -0.941. The molecule has 4 nitrogen and oxygen atoms in total. The summed E-state index contributed by atoms with van der Waals surface area (Å²) in [5, 5.41) is -0.460. The largest absolute Gasteiger partial charge is 0.417 e. The lowest BCUT2D eigenvalue weighted by Gasteiger charge is -2.30. The van der Waals surface area contributed by atoms with Crippen LogP contribution in [-0.4, -0.2) is 35.8 Å².